The zero-order valence-electron chi connectivity index (χ0n) is 9.33. The summed E-state index contributed by atoms with van der Waals surface area (Å²) in [6.45, 7) is -0.179. The molecular weight excluding hydrogens is 235 g/mol. The number of carbonyl (C=O) groups is 1. The first-order chi connectivity index (χ1) is 7.88. The molecule has 2 aliphatic carbocycles. The number of hydrogen-bond donors (Lipinski definition) is 2. The quantitative estimate of drug-likeness (QED) is 0.803. The molecule has 2 N–H and O–H groups in total. The summed E-state index contributed by atoms with van der Waals surface area (Å²) in [5.74, 6) is -0.973. The van der Waals surface area contributed by atoms with Gasteiger partial charge >= 0.3 is 12.1 Å². The predicted octanol–water partition coefficient (Wildman–Crippen LogP) is 2.03. The van der Waals surface area contributed by atoms with Crippen LogP contribution in [-0.4, -0.2) is 29.8 Å². The van der Waals surface area contributed by atoms with Gasteiger partial charge in [0.25, 0.3) is 0 Å². The fourth-order valence-corrected chi connectivity index (χ4v) is 3.32. The highest BCUT2D eigenvalue weighted by Gasteiger charge is 2.50. The Morgan fingerprint density at radius 3 is 2.53 bits per heavy atom. The highest BCUT2D eigenvalue weighted by atomic mass is 19.4. The zero-order valence-corrected chi connectivity index (χ0v) is 9.33. The monoisotopic (exact) mass is 251 g/mol. The maximum Gasteiger partial charge on any atom is 0.390 e. The maximum absolute atomic E-state index is 12.0. The summed E-state index contributed by atoms with van der Waals surface area (Å²) in [7, 11) is 0. The van der Waals surface area contributed by atoms with Crippen molar-refractivity contribution in [2.24, 2.45) is 17.8 Å². The predicted molar refractivity (Wildman–Crippen MR) is 54.4 cm³/mol. The third-order valence-corrected chi connectivity index (χ3v) is 3.99. The van der Waals surface area contributed by atoms with Crippen LogP contribution in [0.4, 0.5) is 13.2 Å². The average molecular weight is 251 g/mol. The van der Waals surface area contributed by atoms with E-state index < -0.39 is 24.5 Å². The standard InChI is InChI=1S/C11H16F3NO2/c12-11(13,14)3-4-15-9-7-2-1-6(5-7)8(9)10(16)17/h6-9,15H,1-5H2,(H,16,17). The number of nitrogens with one attached hydrogen (secondary N) is 1. The van der Waals surface area contributed by atoms with E-state index >= 15 is 0 Å². The lowest BCUT2D eigenvalue weighted by Crippen LogP contribution is -2.45. The second-order valence-electron chi connectivity index (χ2n) is 5.04. The molecule has 4 atom stereocenters. The average Bonchev–Trinajstić information content (AvgIpc) is 2.74. The first kappa shape index (κ1) is 12.7. The number of fused-ring (bicyclic) bond motifs is 2. The second-order valence-corrected chi connectivity index (χ2v) is 5.04. The summed E-state index contributed by atoms with van der Waals surface area (Å²) in [5, 5.41) is 11.9. The van der Waals surface area contributed by atoms with E-state index in [4.69, 9.17) is 5.11 Å². The third kappa shape index (κ3) is 2.73. The van der Waals surface area contributed by atoms with Gasteiger partial charge in [0.05, 0.1) is 12.3 Å². The lowest BCUT2D eigenvalue weighted by atomic mass is 9.84. The van der Waals surface area contributed by atoms with Crippen molar-refractivity contribution in [3.63, 3.8) is 0 Å². The number of aliphatic carboxylic acids is 1. The fourth-order valence-electron chi connectivity index (χ4n) is 3.32. The number of carboxylic acids is 1. The van der Waals surface area contributed by atoms with E-state index in [1.807, 2.05) is 0 Å². The van der Waals surface area contributed by atoms with Crippen molar-refractivity contribution < 1.29 is 23.1 Å². The minimum absolute atomic E-state index is 0.154. The number of carboxylic acid groups (broad SMARTS) is 1. The van der Waals surface area contributed by atoms with Gasteiger partial charge in [-0.05, 0) is 31.1 Å². The van der Waals surface area contributed by atoms with E-state index in [0.29, 0.717) is 0 Å². The van der Waals surface area contributed by atoms with Gasteiger partial charge in [-0.3, -0.25) is 4.79 Å². The molecule has 0 aliphatic heterocycles. The molecule has 4 unspecified atom stereocenters. The number of hydrogen-bond acceptors (Lipinski definition) is 2. The molecule has 0 aromatic carbocycles. The van der Waals surface area contributed by atoms with Crippen LogP contribution in [0.1, 0.15) is 25.7 Å². The number of rotatable bonds is 4. The Bertz CT molecular complexity index is 306. The molecule has 2 fully saturated rings. The molecule has 2 bridgehead atoms. The van der Waals surface area contributed by atoms with Crippen molar-refractivity contribution in [2.75, 3.05) is 6.54 Å². The minimum atomic E-state index is -4.18. The van der Waals surface area contributed by atoms with Gasteiger partial charge in [0.15, 0.2) is 0 Å². The van der Waals surface area contributed by atoms with Crippen molar-refractivity contribution in [2.45, 2.75) is 37.9 Å². The lowest BCUT2D eigenvalue weighted by molar-refractivity contribution is -0.144. The number of alkyl halides is 3. The Morgan fingerprint density at radius 1 is 1.29 bits per heavy atom. The topological polar surface area (TPSA) is 49.3 Å². The van der Waals surface area contributed by atoms with Crippen LogP contribution < -0.4 is 5.32 Å². The van der Waals surface area contributed by atoms with Crippen LogP contribution in [0.2, 0.25) is 0 Å². The molecule has 0 amide bonds. The summed E-state index contributed by atoms with van der Waals surface area (Å²) in [4.78, 5) is 11.1. The molecule has 0 saturated heterocycles. The van der Waals surface area contributed by atoms with Crippen molar-refractivity contribution >= 4 is 5.97 Å². The van der Waals surface area contributed by atoms with Gasteiger partial charge in [-0.2, -0.15) is 13.2 Å². The summed E-state index contributed by atoms with van der Waals surface area (Å²) in [6.07, 6.45) is -2.38. The van der Waals surface area contributed by atoms with Gasteiger partial charge in [0.2, 0.25) is 0 Å². The van der Waals surface area contributed by atoms with Gasteiger partial charge in [0.1, 0.15) is 0 Å². The molecule has 0 spiro atoms. The Labute approximate surface area is 97.4 Å². The summed E-state index contributed by atoms with van der Waals surface area (Å²) in [6, 6.07) is -0.270. The van der Waals surface area contributed by atoms with Crippen LogP contribution in [0.25, 0.3) is 0 Å². The van der Waals surface area contributed by atoms with Crippen molar-refractivity contribution in [1.82, 2.24) is 5.32 Å². The van der Waals surface area contributed by atoms with E-state index in [0.717, 1.165) is 19.3 Å². The molecule has 2 saturated carbocycles. The molecule has 0 aromatic rings. The Hall–Kier alpha value is -0.780. The van der Waals surface area contributed by atoms with Gasteiger partial charge in [0, 0.05) is 12.6 Å². The second kappa shape index (κ2) is 4.48. The molecule has 0 radical (unpaired) electrons. The Kier molecular flexibility index (Phi) is 3.34. The molecule has 3 nitrogen and oxygen atoms in total. The molecule has 2 rings (SSSR count). The third-order valence-electron chi connectivity index (χ3n) is 3.99. The van der Waals surface area contributed by atoms with Crippen LogP contribution in [0.5, 0.6) is 0 Å². The number of halogens is 3. The van der Waals surface area contributed by atoms with E-state index in [-0.39, 0.29) is 24.4 Å². The summed E-state index contributed by atoms with van der Waals surface area (Å²) in [5.41, 5.74) is 0. The lowest BCUT2D eigenvalue weighted by Gasteiger charge is -2.29. The molecular formula is C11H16F3NO2. The van der Waals surface area contributed by atoms with E-state index in [1.54, 1.807) is 0 Å². The maximum atomic E-state index is 12.0. The molecule has 6 heteroatoms. The Morgan fingerprint density at radius 2 is 1.94 bits per heavy atom. The van der Waals surface area contributed by atoms with Gasteiger partial charge in [-0.25, -0.2) is 0 Å². The van der Waals surface area contributed by atoms with Crippen LogP contribution in [0, 0.1) is 17.8 Å². The van der Waals surface area contributed by atoms with Crippen molar-refractivity contribution in [1.29, 1.82) is 0 Å². The Balaban J connectivity index is 1.89. The fraction of sp³-hybridized carbons (Fsp3) is 0.909. The molecule has 17 heavy (non-hydrogen) atoms. The minimum Gasteiger partial charge on any atom is -0.481 e. The van der Waals surface area contributed by atoms with Crippen LogP contribution in [0.3, 0.4) is 0 Å². The summed E-state index contributed by atoms with van der Waals surface area (Å²) < 4.78 is 36.1. The van der Waals surface area contributed by atoms with Gasteiger partial charge < -0.3 is 10.4 Å². The van der Waals surface area contributed by atoms with Crippen LogP contribution >= 0.6 is 0 Å². The normalized spacial score (nSPS) is 36.4. The van der Waals surface area contributed by atoms with Crippen molar-refractivity contribution in [3.05, 3.63) is 0 Å². The highest BCUT2D eigenvalue weighted by Crippen LogP contribution is 2.48. The van der Waals surface area contributed by atoms with E-state index in [2.05, 4.69) is 5.32 Å². The van der Waals surface area contributed by atoms with Gasteiger partial charge in [-0.1, -0.05) is 0 Å². The first-order valence-corrected chi connectivity index (χ1v) is 5.91. The van der Waals surface area contributed by atoms with Crippen LogP contribution in [0.15, 0.2) is 0 Å². The SMILES string of the molecule is O=C(O)C1C2CCC(C2)C1NCCC(F)(F)F. The van der Waals surface area contributed by atoms with E-state index in [1.165, 1.54) is 0 Å². The molecule has 0 aromatic heterocycles. The summed E-state index contributed by atoms with van der Waals surface area (Å²) >= 11 is 0. The highest BCUT2D eigenvalue weighted by molar-refractivity contribution is 5.72. The molecule has 98 valence electrons. The van der Waals surface area contributed by atoms with Crippen molar-refractivity contribution in [3.8, 4) is 0 Å². The first-order valence-electron chi connectivity index (χ1n) is 5.91. The smallest absolute Gasteiger partial charge is 0.390 e. The molecule has 0 heterocycles. The largest absolute Gasteiger partial charge is 0.481 e. The molecule has 2 aliphatic rings. The zero-order chi connectivity index (χ0) is 12.6. The van der Waals surface area contributed by atoms with Crippen LogP contribution in [-0.2, 0) is 4.79 Å². The van der Waals surface area contributed by atoms with E-state index in [9.17, 15) is 18.0 Å². The van der Waals surface area contributed by atoms with Gasteiger partial charge in [-0.15, -0.1) is 0 Å².